The van der Waals surface area contributed by atoms with Gasteiger partial charge >= 0.3 is 7.12 Å². The lowest BCUT2D eigenvalue weighted by Crippen LogP contribution is -2.41. The molecule has 0 amide bonds. The topological polar surface area (TPSA) is 74.5 Å². The number of nitro groups is 1. The largest absolute Gasteiger partial charge is 0.487 e. The Balaban J connectivity index is 2.18. The minimum Gasteiger partial charge on any atom is -0.400 e. The van der Waals surface area contributed by atoms with E-state index >= 15 is 0 Å². The van der Waals surface area contributed by atoms with Gasteiger partial charge in [-0.05, 0) is 33.8 Å². The summed E-state index contributed by atoms with van der Waals surface area (Å²) >= 11 is 0. The first-order valence-electron chi connectivity index (χ1n) is 6.35. The second-order valence-electron chi connectivity index (χ2n) is 5.68. The SMILES string of the molecule is CC1(C)OB(/C=C/c2ccncc2[N+](=O)[O-])OC1(C)C. The summed E-state index contributed by atoms with van der Waals surface area (Å²) in [5, 5.41) is 10.9. The lowest BCUT2D eigenvalue weighted by atomic mass is 9.89. The summed E-state index contributed by atoms with van der Waals surface area (Å²) in [6, 6.07) is 1.58. The highest BCUT2D eigenvalue weighted by Gasteiger charge is 2.50. The molecule has 1 aliphatic rings. The second-order valence-corrected chi connectivity index (χ2v) is 5.68. The van der Waals surface area contributed by atoms with Crippen LogP contribution in [0.3, 0.4) is 0 Å². The van der Waals surface area contributed by atoms with E-state index in [1.807, 2.05) is 27.7 Å². The Morgan fingerprint density at radius 2 is 1.90 bits per heavy atom. The van der Waals surface area contributed by atoms with Gasteiger partial charge in [-0.2, -0.15) is 0 Å². The van der Waals surface area contributed by atoms with Crippen LogP contribution in [-0.2, 0) is 9.31 Å². The van der Waals surface area contributed by atoms with E-state index in [0.717, 1.165) is 0 Å². The zero-order chi connectivity index (χ0) is 15.0. The summed E-state index contributed by atoms with van der Waals surface area (Å²) in [7, 11) is -0.521. The number of pyridine rings is 1. The van der Waals surface area contributed by atoms with Crippen molar-refractivity contribution in [3.05, 3.63) is 40.1 Å². The molecule has 0 atom stereocenters. The Morgan fingerprint density at radius 1 is 1.30 bits per heavy atom. The molecule has 2 rings (SSSR count). The van der Waals surface area contributed by atoms with Crippen molar-refractivity contribution in [2.24, 2.45) is 0 Å². The molecule has 0 aromatic carbocycles. The fraction of sp³-hybridized carbons (Fsp3) is 0.462. The number of hydrogen-bond donors (Lipinski definition) is 0. The molecule has 1 aromatic heterocycles. The Labute approximate surface area is 118 Å². The lowest BCUT2D eigenvalue weighted by Gasteiger charge is -2.32. The number of nitrogens with zero attached hydrogens (tertiary/aromatic N) is 2. The van der Waals surface area contributed by atoms with Gasteiger partial charge in [-0.25, -0.2) is 0 Å². The third-order valence-electron chi connectivity index (χ3n) is 3.73. The van der Waals surface area contributed by atoms with Crippen LogP contribution in [-0.4, -0.2) is 28.2 Å². The third kappa shape index (κ3) is 2.73. The third-order valence-corrected chi connectivity index (χ3v) is 3.73. The molecular formula is C13H17BN2O4. The number of hydrogen-bond acceptors (Lipinski definition) is 5. The molecular weight excluding hydrogens is 259 g/mol. The minimum absolute atomic E-state index is 0.0414. The Hall–Kier alpha value is -1.73. The molecule has 0 saturated carbocycles. The smallest absolute Gasteiger partial charge is 0.400 e. The van der Waals surface area contributed by atoms with Gasteiger partial charge in [0.25, 0.3) is 5.69 Å². The van der Waals surface area contributed by atoms with Gasteiger partial charge in [0.2, 0.25) is 0 Å². The lowest BCUT2D eigenvalue weighted by molar-refractivity contribution is -0.385. The van der Waals surface area contributed by atoms with Crippen molar-refractivity contribution in [3.63, 3.8) is 0 Å². The fourth-order valence-electron chi connectivity index (χ4n) is 1.84. The van der Waals surface area contributed by atoms with Crippen molar-refractivity contribution in [3.8, 4) is 0 Å². The van der Waals surface area contributed by atoms with Gasteiger partial charge in [0.15, 0.2) is 0 Å². The second kappa shape index (κ2) is 4.99. The molecule has 6 nitrogen and oxygen atoms in total. The predicted molar refractivity (Wildman–Crippen MR) is 76.0 cm³/mol. The Morgan fingerprint density at radius 3 is 2.45 bits per heavy atom. The highest BCUT2D eigenvalue weighted by atomic mass is 16.7. The van der Waals surface area contributed by atoms with Gasteiger partial charge < -0.3 is 9.31 Å². The van der Waals surface area contributed by atoms with Crippen LogP contribution >= 0.6 is 0 Å². The van der Waals surface area contributed by atoms with E-state index in [4.69, 9.17) is 9.31 Å². The van der Waals surface area contributed by atoms with Crippen molar-refractivity contribution >= 4 is 18.9 Å². The first-order chi connectivity index (χ1) is 9.23. The zero-order valence-electron chi connectivity index (χ0n) is 12.0. The summed E-state index contributed by atoms with van der Waals surface area (Å²) in [6.45, 7) is 7.82. The van der Waals surface area contributed by atoms with E-state index in [2.05, 4.69) is 4.98 Å². The molecule has 0 spiro atoms. The minimum atomic E-state index is -0.521. The molecule has 1 fully saturated rings. The molecule has 0 bridgehead atoms. The highest BCUT2D eigenvalue weighted by Crippen LogP contribution is 2.37. The maximum Gasteiger partial charge on any atom is 0.487 e. The van der Waals surface area contributed by atoms with Crippen molar-refractivity contribution in [2.75, 3.05) is 0 Å². The fourth-order valence-corrected chi connectivity index (χ4v) is 1.84. The molecule has 1 saturated heterocycles. The monoisotopic (exact) mass is 276 g/mol. The first-order valence-corrected chi connectivity index (χ1v) is 6.35. The molecule has 2 heterocycles. The Kier molecular flexibility index (Phi) is 3.66. The van der Waals surface area contributed by atoms with Crippen LogP contribution in [0.5, 0.6) is 0 Å². The Bertz CT molecular complexity index is 541. The summed E-state index contributed by atoms with van der Waals surface area (Å²) in [6.07, 6.45) is 4.36. The van der Waals surface area contributed by atoms with Crippen LogP contribution in [0.4, 0.5) is 5.69 Å². The van der Waals surface area contributed by atoms with Gasteiger partial charge in [0.1, 0.15) is 6.20 Å². The van der Waals surface area contributed by atoms with E-state index in [1.165, 1.54) is 12.4 Å². The quantitative estimate of drug-likeness (QED) is 0.482. The van der Waals surface area contributed by atoms with Crippen LogP contribution in [0.25, 0.3) is 6.08 Å². The van der Waals surface area contributed by atoms with Crippen LogP contribution in [0.2, 0.25) is 0 Å². The predicted octanol–water partition coefficient (Wildman–Crippen LogP) is 2.63. The molecule has 1 aliphatic heterocycles. The summed E-state index contributed by atoms with van der Waals surface area (Å²) in [5.74, 6) is 1.68. The molecule has 7 heteroatoms. The van der Waals surface area contributed by atoms with Crippen LogP contribution in [0, 0.1) is 10.1 Å². The van der Waals surface area contributed by atoms with Gasteiger partial charge in [0.05, 0.1) is 21.7 Å². The zero-order valence-corrected chi connectivity index (χ0v) is 12.0. The summed E-state index contributed by atoms with van der Waals surface area (Å²) in [5.41, 5.74) is -0.418. The average molecular weight is 276 g/mol. The van der Waals surface area contributed by atoms with E-state index < -0.39 is 23.2 Å². The summed E-state index contributed by atoms with van der Waals surface area (Å²) < 4.78 is 11.6. The highest BCUT2D eigenvalue weighted by molar-refractivity contribution is 6.52. The molecule has 0 aliphatic carbocycles. The van der Waals surface area contributed by atoms with Crippen molar-refractivity contribution in [2.45, 2.75) is 38.9 Å². The number of aromatic nitrogens is 1. The van der Waals surface area contributed by atoms with Crippen molar-refractivity contribution in [1.82, 2.24) is 4.98 Å². The van der Waals surface area contributed by atoms with Crippen LogP contribution in [0.1, 0.15) is 33.3 Å². The molecule has 0 radical (unpaired) electrons. The maximum absolute atomic E-state index is 10.9. The molecule has 1 aromatic rings. The van der Waals surface area contributed by atoms with E-state index in [0.29, 0.717) is 5.56 Å². The molecule has 0 N–H and O–H groups in total. The van der Waals surface area contributed by atoms with E-state index in [9.17, 15) is 10.1 Å². The first kappa shape index (κ1) is 14.7. The molecule has 0 unspecified atom stereocenters. The van der Waals surface area contributed by atoms with Crippen molar-refractivity contribution < 1.29 is 14.2 Å². The molecule has 106 valence electrons. The van der Waals surface area contributed by atoms with Crippen LogP contribution < -0.4 is 0 Å². The van der Waals surface area contributed by atoms with E-state index in [-0.39, 0.29) is 5.69 Å². The molecule has 20 heavy (non-hydrogen) atoms. The van der Waals surface area contributed by atoms with Gasteiger partial charge in [0, 0.05) is 6.20 Å². The van der Waals surface area contributed by atoms with Crippen molar-refractivity contribution in [1.29, 1.82) is 0 Å². The van der Waals surface area contributed by atoms with Gasteiger partial charge in [-0.3, -0.25) is 15.1 Å². The van der Waals surface area contributed by atoms with Gasteiger partial charge in [-0.15, -0.1) is 0 Å². The maximum atomic E-state index is 10.9. The van der Waals surface area contributed by atoms with Gasteiger partial charge in [-0.1, -0.05) is 12.1 Å². The average Bonchev–Trinajstić information content (AvgIpc) is 2.55. The standard InChI is InChI=1S/C13H17BN2O4/c1-12(2)13(3,4)20-14(19-12)7-5-10-6-8-15-9-11(10)16(17)18/h5-9H,1-4H3/b7-5+. The number of rotatable bonds is 3. The normalized spacial score (nSPS) is 20.5. The van der Waals surface area contributed by atoms with Crippen LogP contribution in [0.15, 0.2) is 24.4 Å². The summed E-state index contributed by atoms with van der Waals surface area (Å²) in [4.78, 5) is 14.2. The van der Waals surface area contributed by atoms with E-state index in [1.54, 1.807) is 18.1 Å².